The number of anilines is 2. The predicted octanol–water partition coefficient (Wildman–Crippen LogP) is 4.67. The summed E-state index contributed by atoms with van der Waals surface area (Å²) in [6.07, 6.45) is 1.82. The fourth-order valence-corrected chi connectivity index (χ4v) is 5.78. The number of aromatic amines is 1. The number of alkyl halides is 1. The molecule has 1 aromatic heterocycles. The maximum atomic E-state index is 11.4. The van der Waals surface area contributed by atoms with E-state index in [0.717, 1.165) is 64.5 Å². The topological polar surface area (TPSA) is 118 Å². The third kappa shape index (κ3) is 7.46. The van der Waals surface area contributed by atoms with Gasteiger partial charge in [0.2, 0.25) is 11.2 Å². The highest BCUT2D eigenvalue weighted by Gasteiger charge is 2.22. The highest BCUT2D eigenvalue weighted by Crippen LogP contribution is 2.28. The van der Waals surface area contributed by atoms with Crippen LogP contribution in [0.2, 0.25) is 0 Å². The molecule has 0 amide bonds. The lowest BCUT2D eigenvalue weighted by molar-refractivity contribution is -0.332. The van der Waals surface area contributed by atoms with Gasteiger partial charge in [-0.2, -0.15) is 0 Å². The van der Waals surface area contributed by atoms with Crippen molar-refractivity contribution in [2.75, 3.05) is 41.8 Å². The van der Waals surface area contributed by atoms with Gasteiger partial charge in [-0.3, -0.25) is 14.2 Å². The molecule has 0 radical (unpaired) electrons. The first-order chi connectivity index (χ1) is 23.4. The van der Waals surface area contributed by atoms with Crippen molar-refractivity contribution in [2.24, 2.45) is 10.1 Å². The van der Waals surface area contributed by atoms with E-state index in [9.17, 15) is 5.11 Å². The van der Waals surface area contributed by atoms with E-state index >= 15 is 0 Å². The molecule has 48 heavy (non-hydrogen) atoms. The van der Waals surface area contributed by atoms with E-state index < -0.39 is 0 Å². The molecule has 244 valence electrons. The van der Waals surface area contributed by atoms with Crippen LogP contribution in [0.3, 0.4) is 0 Å². The monoisotopic (exact) mass is 705 g/mol. The van der Waals surface area contributed by atoms with E-state index in [1.807, 2.05) is 49.6 Å². The molecule has 0 saturated carbocycles. The SMILES string of the molecule is CCN(CC)c1ccc2[nH+]c3ccc(=[N+]=Nc4ccc(N(C)CCn5cc(CN=C([O-])CBr)nn5)cc4)cc-3n(-c3ccccc3)c2c1. The molecule has 11 nitrogen and oxygen atoms in total. The number of H-pyrrole nitrogens is 1. The molecular formula is C36H38BrN10O+. The molecule has 2 aliphatic rings. The molecule has 4 aromatic rings. The van der Waals surface area contributed by atoms with Crippen molar-refractivity contribution in [3.63, 3.8) is 0 Å². The van der Waals surface area contributed by atoms with Crippen LogP contribution in [0, 0.1) is 0 Å². The van der Waals surface area contributed by atoms with Crippen LogP contribution in [0.4, 0.5) is 17.1 Å². The van der Waals surface area contributed by atoms with E-state index in [1.165, 1.54) is 5.69 Å². The molecule has 6 rings (SSSR count). The fraction of sp³-hybridized carbons (Fsp3) is 0.250. The molecule has 0 unspecified atom stereocenters. The molecule has 1 aliphatic heterocycles. The Balaban J connectivity index is 1.25. The summed E-state index contributed by atoms with van der Waals surface area (Å²) < 4.78 is 4.05. The summed E-state index contributed by atoms with van der Waals surface area (Å²) in [7, 11) is 2.03. The molecule has 0 fully saturated rings. The molecule has 0 bridgehead atoms. The van der Waals surface area contributed by atoms with E-state index in [0.29, 0.717) is 12.2 Å². The van der Waals surface area contributed by atoms with Crippen molar-refractivity contribution in [3.8, 4) is 17.1 Å². The number of hydrogen-bond donors (Lipinski definition) is 0. The number of nitrogens with zero attached hydrogens (tertiary/aromatic N) is 9. The van der Waals surface area contributed by atoms with Crippen LogP contribution in [0.15, 0.2) is 107 Å². The van der Waals surface area contributed by atoms with Gasteiger partial charge in [-0.25, -0.2) is 4.98 Å². The lowest BCUT2D eigenvalue weighted by Crippen LogP contribution is -2.23. The Morgan fingerprint density at radius 2 is 1.73 bits per heavy atom. The summed E-state index contributed by atoms with van der Waals surface area (Å²) in [4.78, 5) is 16.7. The average molecular weight is 707 g/mol. The standard InChI is InChI=1S/C36H37BrN10O/c1-4-45(5-2)31-16-18-33-35(22-31)47(30-9-7-6-8-10-30)34-21-27(13-17-32(34)39-33)41-40-26-11-14-29(15-12-26)44(3)19-20-46-25-28(42-43-46)24-38-36(48)23-37/h6-18,21-22,25H,4-5,19-20,23-24H2,1-3H3/p+1. The van der Waals surface area contributed by atoms with Crippen molar-refractivity contribution >= 4 is 49.9 Å². The van der Waals surface area contributed by atoms with Crippen molar-refractivity contribution < 1.29 is 14.9 Å². The molecular weight excluding hydrogens is 668 g/mol. The number of para-hydroxylation sites is 1. The summed E-state index contributed by atoms with van der Waals surface area (Å²) in [6, 6.07) is 31.2. The number of hydrogen-bond acceptors (Lipinski definition) is 7. The van der Waals surface area contributed by atoms with Crippen LogP contribution in [-0.2, 0) is 13.1 Å². The second kappa shape index (κ2) is 15.1. The minimum atomic E-state index is -0.211. The van der Waals surface area contributed by atoms with Gasteiger partial charge in [0.05, 0.1) is 30.1 Å². The second-order valence-corrected chi connectivity index (χ2v) is 11.9. The van der Waals surface area contributed by atoms with Gasteiger partial charge in [-0.1, -0.05) is 39.3 Å². The Morgan fingerprint density at radius 1 is 0.958 bits per heavy atom. The number of aromatic nitrogens is 5. The minimum Gasteiger partial charge on any atom is -0.861 e. The Morgan fingerprint density at radius 3 is 2.48 bits per heavy atom. The number of nitrogens with one attached hydrogen (secondary N) is 1. The van der Waals surface area contributed by atoms with Crippen LogP contribution in [0.1, 0.15) is 19.5 Å². The van der Waals surface area contributed by atoms with Crippen molar-refractivity contribution in [2.45, 2.75) is 26.9 Å². The van der Waals surface area contributed by atoms with Gasteiger partial charge in [-0.15, -0.1) is 5.10 Å². The zero-order chi connectivity index (χ0) is 33.5. The fourth-order valence-electron chi connectivity index (χ4n) is 5.60. The smallest absolute Gasteiger partial charge is 0.368 e. The van der Waals surface area contributed by atoms with Crippen LogP contribution < -0.4 is 25.2 Å². The van der Waals surface area contributed by atoms with E-state index in [4.69, 9.17) is 0 Å². The number of halogens is 1. The number of aliphatic imine (C=N–C) groups is 1. The predicted molar refractivity (Wildman–Crippen MR) is 190 cm³/mol. The maximum absolute atomic E-state index is 11.4. The molecule has 2 heterocycles. The molecule has 0 spiro atoms. The summed E-state index contributed by atoms with van der Waals surface area (Å²) in [6.45, 7) is 7.85. The van der Waals surface area contributed by atoms with Crippen LogP contribution in [0.25, 0.3) is 28.1 Å². The summed E-state index contributed by atoms with van der Waals surface area (Å²) in [5, 5.41) is 25.2. The highest BCUT2D eigenvalue weighted by atomic mass is 79.9. The third-order valence-corrected chi connectivity index (χ3v) is 8.69. The number of benzene rings is 4. The van der Waals surface area contributed by atoms with Crippen LogP contribution in [-0.4, -0.2) is 62.3 Å². The molecule has 12 heteroatoms. The second-order valence-electron chi connectivity index (χ2n) is 11.3. The quantitative estimate of drug-likeness (QED) is 0.0458. The minimum absolute atomic E-state index is 0.207. The first kappa shape index (κ1) is 32.6. The Labute approximate surface area is 287 Å². The van der Waals surface area contributed by atoms with E-state index in [2.05, 4.69) is 129 Å². The largest absolute Gasteiger partial charge is 0.861 e. The lowest BCUT2D eigenvalue weighted by Gasteiger charge is -2.22. The van der Waals surface area contributed by atoms with Crippen LogP contribution >= 0.6 is 15.9 Å². The first-order valence-electron chi connectivity index (χ1n) is 16.0. The molecule has 0 atom stereocenters. The van der Waals surface area contributed by atoms with Gasteiger partial charge in [-0.05, 0) is 68.3 Å². The Bertz CT molecular complexity index is 2100. The lowest BCUT2D eigenvalue weighted by atomic mass is 10.1. The maximum Gasteiger partial charge on any atom is 0.368 e. The Kier molecular flexibility index (Phi) is 10.2. The number of rotatable bonds is 12. The third-order valence-electron chi connectivity index (χ3n) is 8.21. The van der Waals surface area contributed by atoms with Gasteiger partial charge in [0.15, 0.2) is 0 Å². The van der Waals surface area contributed by atoms with Crippen LogP contribution in [0.5, 0.6) is 0 Å². The van der Waals surface area contributed by atoms with E-state index in [-0.39, 0.29) is 17.8 Å². The summed E-state index contributed by atoms with van der Waals surface area (Å²) in [5.41, 5.74) is 8.92. The van der Waals surface area contributed by atoms with Gasteiger partial charge in [0, 0.05) is 67.3 Å². The van der Waals surface area contributed by atoms with Crippen molar-refractivity contribution in [1.82, 2.24) is 19.6 Å². The molecule has 1 aliphatic carbocycles. The number of likely N-dealkylation sites (N-methyl/N-ethyl adjacent to an activating group) is 1. The molecule has 1 N–H and O–H groups in total. The summed E-state index contributed by atoms with van der Waals surface area (Å²) >= 11 is 3.11. The van der Waals surface area contributed by atoms with Crippen molar-refractivity contribution in [1.29, 1.82) is 0 Å². The number of fused-ring (bicyclic) bond motifs is 2. The highest BCUT2D eigenvalue weighted by molar-refractivity contribution is 9.09. The Hall–Kier alpha value is -5.32. The zero-order valence-corrected chi connectivity index (χ0v) is 28.9. The van der Waals surface area contributed by atoms with Gasteiger partial charge in [0.25, 0.3) is 0 Å². The van der Waals surface area contributed by atoms with E-state index in [1.54, 1.807) is 4.68 Å². The summed E-state index contributed by atoms with van der Waals surface area (Å²) in [5.74, 6) is -0.211. The van der Waals surface area contributed by atoms with Crippen molar-refractivity contribution in [3.05, 3.63) is 108 Å². The zero-order valence-electron chi connectivity index (χ0n) is 27.3. The van der Waals surface area contributed by atoms with Gasteiger partial charge < -0.3 is 14.9 Å². The first-order valence-corrected chi connectivity index (χ1v) is 17.1. The molecule has 3 aromatic carbocycles. The van der Waals surface area contributed by atoms with Gasteiger partial charge >= 0.3 is 5.36 Å². The normalized spacial score (nSPS) is 11.5. The molecule has 0 saturated heterocycles. The average Bonchev–Trinajstić information content (AvgIpc) is 3.59. The van der Waals surface area contributed by atoms with Gasteiger partial charge in [0.1, 0.15) is 27.7 Å².